The van der Waals surface area contributed by atoms with Crippen LogP contribution in [0.4, 0.5) is 0 Å². The maximum Gasteiger partial charge on any atom is 0.294 e. The van der Waals surface area contributed by atoms with Gasteiger partial charge in [0.15, 0.2) is 0 Å². The molecular formula is C22H26N2O4S. The van der Waals surface area contributed by atoms with Crippen molar-refractivity contribution in [3.63, 3.8) is 0 Å². The fourth-order valence-electron chi connectivity index (χ4n) is 2.63. The van der Waals surface area contributed by atoms with E-state index in [2.05, 4.69) is 5.32 Å². The van der Waals surface area contributed by atoms with Gasteiger partial charge in [0, 0.05) is 23.2 Å². The van der Waals surface area contributed by atoms with Gasteiger partial charge in [0.25, 0.3) is 16.0 Å². The fraction of sp³-hybridized carbons (Fsp3) is 0.227. The van der Waals surface area contributed by atoms with Crippen molar-refractivity contribution in [3.8, 4) is 0 Å². The first kappa shape index (κ1) is 22.5. The summed E-state index contributed by atoms with van der Waals surface area (Å²) in [6, 6.07) is -0.191. The molecule has 0 radical (unpaired) electrons. The highest BCUT2D eigenvalue weighted by Crippen LogP contribution is 2.26. The van der Waals surface area contributed by atoms with Gasteiger partial charge in [-0.25, -0.2) is 0 Å². The number of hydrogen-bond donors (Lipinski definition) is 3. The summed E-state index contributed by atoms with van der Waals surface area (Å²) in [5.74, 6) is -0.388. The number of nitrogens with two attached hydrogens (primary N) is 1. The van der Waals surface area contributed by atoms with Gasteiger partial charge in [-0.2, -0.15) is 8.42 Å². The van der Waals surface area contributed by atoms with E-state index in [4.69, 9.17) is 5.73 Å². The highest BCUT2D eigenvalue weighted by molar-refractivity contribution is 7.90. The van der Waals surface area contributed by atoms with Gasteiger partial charge in [0.1, 0.15) is 0 Å². The van der Waals surface area contributed by atoms with Crippen molar-refractivity contribution in [2.24, 2.45) is 11.7 Å². The second kappa shape index (κ2) is 9.65. The molecule has 0 saturated carbocycles. The van der Waals surface area contributed by atoms with Crippen LogP contribution >= 0.6 is 0 Å². The van der Waals surface area contributed by atoms with Crippen LogP contribution in [0.5, 0.6) is 0 Å². The quantitative estimate of drug-likeness (QED) is 0.268. The van der Waals surface area contributed by atoms with E-state index in [0.717, 1.165) is 11.1 Å². The number of carbonyl (C=O) groups is 1. The summed E-state index contributed by atoms with van der Waals surface area (Å²) in [7, 11) is -4.27. The summed E-state index contributed by atoms with van der Waals surface area (Å²) in [6.45, 7) is 5.57. The summed E-state index contributed by atoms with van der Waals surface area (Å²) < 4.78 is 31.8. The number of amides is 1. The molecule has 4 N–H and O–H groups in total. The molecule has 2 rings (SSSR count). The van der Waals surface area contributed by atoms with Gasteiger partial charge < -0.3 is 11.1 Å². The maximum atomic E-state index is 12.4. The Hall–Kier alpha value is -2.74. The molecular weight excluding hydrogens is 388 g/mol. The number of fused-ring (bicyclic) bond motifs is 1. The summed E-state index contributed by atoms with van der Waals surface area (Å²) >= 11 is 0. The minimum absolute atomic E-state index is 0.137. The normalized spacial score (nSPS) is 21.1. The lowest BCUT2D eigenvalue weighted by Crippen LogP contribution is -2.24. The first-order valence-electron chi connectivity index (χ1n) is 9.14. The molecule has 2 unspecified atom stereocenters. The average Bonchev–Trinajstić information content (AvgIpc) is 2.89. The van der Waals surface area contributed by atoms with Gasteiger partial charge in [-0.1, -0.05) is 48.1 Å². The average molecular weight is 415 g/mol. The summed E-state index contributed by atoms with van der Waals surface area (Å²) in [4.78, 5) is 12.2. The summed E-state index contributed by atoms with van der Waals surface area (Å²) in [5, 5.41) is 2.82. The first-order valence-corrected chi connectivity index (χ1v) is 10.6. The molecule has 0 aromatic carbocycles. The highest BCUT2D eigenvalue weighted by atomic mass is 32.2. The number of rotatable bonds is 6. The number of hydrogen-bond acceptors (Lipinski definition) is 4. The summed E-state index contributed by atoms with van der Waals surface area (Å²) in [6.07, 6.45) is 18.6. The molecule has 0 aliphatic heterocycles. The highest BCUT2D eigenvalue weighted by Gasteiger charge is 2.18. The molecule has 0 bridgehead atoms. The number of allylic oxidation sites excluding steroid dienone is 11. The Balaban J connectivity index is 2.10. The Bertz CT molecular complexity index is 1020. The molecule has 0 fully saturated rings. The van der Waals surface area contributed by atoms with Gasteiger partial charge in [0.2, 0.25) is 0 Å². The van der Waals surface area contributed by atoms with Crippen LogP contribution in [0.2, 0.25) is 0 Å². The second-order valence-corrected chi connectivity index (χ2v) is 8.22. The van der Waals surface area contributed by atoms with E-state index in [1.807, 2.05) is 32.1 Å². The second-order valence-electron chi connectivity index (χ2n) is 6.80. The van der Waals surface area contributed by atoms with Crippen LogP contribution in [0, 0.1) is 5.92 Å². The van der Waals surface area contributed by atoms with Gasteiger partial charge >= 0.3 is 0 Å². The Morgan fingerprint density at radius 2 is 1.93 bits per heavy atom. The zero-order chi connectivity index (χ0) is 21.6. The first-order chi connectivity index (χ1) is 13.6. The third-order valence-corrected chi connectivity index (χ3v) is 5.53. The third-order valence-electron chi connectivity index (χ3n) is 4.66. The lowest BCUT2D eigenvalue weighted by atomic mass is 9.93. The van der Waals surface area contributed by atoms with E-state index in [9.17, 15) is 17.8 Å². The molecule has 0 aromatic rings. The number of carbonyl (C=O) groups excluding carboxylic acids is 1. The van der Waals surface area contributed by atoms with E-state index in [-0.39, 0.29) is 22.8 Å². The van der Waals surface area contributed by atoms with Crippen molar-refractivity contribution < 1.29 is 17.8 Å². The lowest BCUT2D eigenvalue weighted by molar-refractivity contribution is -0.116. The largest absolute Gasteiger partial charge is 0.322 e. The molecule has 7 heteroatoms. The van der Waals surface area contributed by atoms with Crippen molar-refractivity contribution in [1.82, 2.24) is 5.32 Å². The van der Waals surface area contributed by atoms with Crippen molar-refractivity contribution >= 4 is 16.0 Å². The van der Waals surface area contributed by atoms with E-state index < -0.39 is 10.1 Å². The lowest BCUT2D eigenvalue weighted by Gasteiger charge is -2.16. The fourth-order valence-corrected chi connectivity index (χ4v) is 3.12. The molecule has 1 amide bonds. The third kappa shape index (κ3) is 6.39. The molecule has 29 heavy (non-hydrogen) atoms. The SMILES string of the molecule is C/C=C(/C)C(N)C=C/C=C(\C)C(=O)NC1=CC2=CC=C(S(=O)(=O)O)C=CC2C=C1. The zero-order valence-electron chi connectivity index (χ0n) is 16.7. The molecule has 0 spiro atoms. The van der Waals surface area contributed by atoms with E-state index in [1.165, 1.54) is 12.2 Å². The maximum absolute atomic E-state index is 12.4. The molecule has 0 heterocycles. The van der Waals surface area contributed by atoms with Crippen LogP contribution < -0.4 is 11.1 Å². The van der Waals surface area contributed by atoms with Crippen LogP contribution in [0.3, 0.4) is 0 Å². The van der Waals surface area contributed by atoms with Crippen LogP contribution in [0.1, 0.15) is 20.8 Å². The van der Waals surface area contributed by atoms with E-state index in [1.54, 1.807) is 43.4 Å². The molecule has 0 saturated heterocycles. The number of nitrogens with one attached hydrogen (secondary N) is 1. The Morgan fingerprint density at radius 3 is 2.59 bits per heavy atom. The topological polar surface area (TPSA) is 109 Å². The smallest absolute Gasteiger partial charge is 0.294 e. The predicted octanol–water partition coefficient (Wildman–Crippen LogP) is 3.24. The monoisotopic (exact) mass is 414 g/mol. The Kier molecular flexibility index (Phi) is 7.50. The van der Waals surface area contributed by atoms with Gasteiger partial charge in [-0.3, -0.25) is 9.35 Å². The Labute approximate surface area is 172 Å². The summed E-state index contributed by atoms with van der Waals surface area (Å²) in [5.41, 5.74) is 8.93. The minimum atomic E-state index is -4.27. The minimum Gasteiger partial charge on any atom is -0.322 e. The van der Waals surface area contributed by atoms with Gasteiger partial charge in [0.05, 0.1) is 4.91 Å². The van der Waals surface area contributed by atoms with Gasteiger partial charge in [-0.15, -0.1) is 0 Å². The molecule has 2 aliphatic rings. The predicted molar refractivity (Wildman–Crippen MR) is 116 cm³/mol. The van der Waals surface area contributed by atoms with E-state index >= 15 is 0 Å². The molecule has 6 nitrogen and oxygen atoms in total. The zero-order valence-corrected chi connectivity index (χ0v) is 17.5. The van der Waals surface area contributed by atoms with Crippen LogP contribution in [0.15, 0.2) is 94.2 Å². The van der Waals surface area contributed by atoms with Crippen LogP contribution in [0.25, 0.3) is 0 Å². The molecule has 154 valence electrons. The van der Waals surface area contributed by atoms with Crippen LogP contribution in [-0.2, 0) is 14.9 Å². The Morgan fingerprint density at radius 1 is 1.24 bits per heavy atom. The van der Waals surface area contributed by atoms with Crippen LogP contribution in [-0.4, -0.2) is 24.9 Å². The van der Waals surface area contributed by atoms with Crippen molar-refractivity contribution in [2.45, 2.75) is 26.8 Å². The van der Waals surface area contributed by atoms with Crippen molar-refractivity contribution in [1.29, 1.82) is 0 Å². The van der Waals surface area contributed by atoms with Crippen molar-refractivity contribution in [3.05, 3.63) is 94.2 Å². The van der Waals surface area contributed by atoms with Crippen molar-refractivity contribution in [2.75, 3.05) is 0 Å². The molecule has 2 aliphatic carbocycles. The van der Waals surface area contributed by atoms with E-state index in [0.29, 0.717) is 11.3 Å². The molecule has 2 atom stereocenters. The molecule has 0 aromatic heterocycles. The standard InChI is InChI=1S/C22H26N2O4S/c1-4-15(2)21(23)7-5-6-16(3)22(25)24-19-11-8-17-9-12-20(29(26,27)28)13-10-18(17)14-19/h4-14,17,21H,23H2,1-3H3,(H,24,25)(H,26,27,28)/b7-5?,15-4-,16-6+. The van der Waals surface area contributed by atoms with Gasteiger partial charge in [-0.05, 0) is 50.6 Å².